The lowest BCUT2D eigenvalue weighted by Crippen LogP contribution is -2.46. The van der Waals surface area contributed by atoms with Crippen molar-refractivity contribution in [2.24, 2.45) is 5.41 Å². The summed E-state index contributed by atoms with van der Waals surface area (Å²) in [6.45, 7) is 4.06. The van der Waals surface area contributed by atoms with E-state index in [1.54, 1.807) is 12.0 Å². The minimum absolute atomic E-state index is 0.130. The average molecular weight is 262 g/mol. The fourth-order valence-electron chi connectivity index (χ4n) is 2.70. The maximum absolute atomic E-state index is 12.8. The van der Waals surface area contributed by atoms with Crippen LogP contribution in [0.2, 0.25) is 0 Å². The van der Waals surface area contributed by atoms with E-state index in [2.05, 4.69) is 5.32 Å². The zero-order chi connectivity index (χ0) is 13.9. The summed E-state index contributed by atoms with van der Waals surface area (Å²) in [5.41, 5.74) is 1.67. The Hall–Kier alpha value is -1.39. The first-order valence-corrected chi connectivity index (χ1v) is 6.63. The summed E-state index contributed by atoms with van der Waals surface area (Å²) in [6, 6.07) is 8.00. The second-order valence-electron chi connectivity index (χ2n) is 5.34. The van der Waals surface area contributed by atoms with Crippen molar-refractivity contribution in [3.8, 4) is 0 Å². The number of hydrogen-bond acceptors (Lipinski definition) is 3. The van der Waals surface area contributed by atoms with E-state index in [0.29, 0.717) is 13.2 Å². The van der Waals surface area contributed by atoms with Gasteiger partial charge in [-0.25, -0.2) is 0 Å². The third kappa shape index (κ3) is 2.80. The van der Waals surface area contributed by atoms with Crippen LogP contribution in [0.5, 0.6) is 0 Å². The number of benzene rings is 1. The van der Waals surface area contributed by atoms with E-state index in [-0.39, 0.29) is 5.91 Å². The van der Waals surface area contributed by atoms with Crippen LogP contribution in [0.3, 0.4) is 0 Å². The molecule has 1 fully saturated rings. The fourth-order valence-corrected chi connectivity index (χ4v) is 2.70. The van der Waals surface area contributed by atoms with E-state index in [1.807, 2.05) is 38.2 Å². The molecule has 0 aliphatic carbocycles. The van der Waals surface area contributed by atoms with E-state index in [9.17, 15) is 4.79 Å². The minimum atomic E-state index is -0.423. The third-order valence-corrected chi connectivity index (χ3v) is 3.81. The number of ether oxygens (including phenoxy) is 1. The number of carbonyl (C=O) groups excluding carboxylic acids is 1. The minimum Gasteiger partial charge on any atom is -0.384 e. The lowest BCUT2D eigenvalue weighted by molar-refractivity contribution is -0.129. The standard InChI is InChI=1S/C15H22N2O2/c1-12-5-4-6-13(9-12)17(2)14(18)15(11-19-3)7-8-16-10-15/h4-6,9,16H,7-8,10-11H2,1-3H3. The molecule has 1 heterocycles. The molecule has 1 atom stereocenters. The van der Waals surface area contributed by atoms with Crippen molar-refractivity contribution in [2.75, 3.05) is 38.8 Å². The highest BCUT2D eigenvalue weighted by Gasteiger charge is 2.43. The lowest BCUT2D eigenvalue weighted by atomic mass is 9.86. The molecule has 1 aromatic rings. The van der Waals surface area contributed by atoms with Crippen molar-refractivity contribution in [2.45, 2.75) is 13.3 Å². The molecule has 0 spiro atoms. The summed E-state index contributed by atoms with van der Waals surface area (Å²) in [4.78, 5) is 14.5. The van der Waals surface area contributed by atoms with Gasteiger partial charge in [-0.1, -0.05) is 12.1 Å². The van der Waals surface area contributed by atoms with Crippen LogP contribution in [0.4, 0.5) is 5.69 Å². The fraction of sp³-hybridized carbons (Fsp3) is 0.533. The van der Waals surface area contributed by atoms with Crippen LogP contribution in [-0.4, -0.2) is 39.8 Å². The van der Waals surface area contributed by atoms with E-state index in [1.165, 1.54) is 0 Å². The predicted molar refractivity (Wildman–Crippen MR) is 76.4 cm³/mol. The quantitative estimate of drug-likeness (QED) is 0.896. The molecular weight excluding hydrogens is 240 g/mol. The van der Waals surface area contributed by atoms with Gasteiger partial charge in [-0.3, -0.25) is 4.79 Å². The monoisotopic (exact) mass is 262 g/mol. The van der Waals surface area contributed by atoms with Crippen molar-refractivity contribution in [3.05, 3.63) is 29.8 Å². The van der Waals surface area contributed by atoms with E-state index >= 15 is 0 Å². The van der Waals surface area contributed by atoms with Gasteiger partial charge in [0.25, 0.3) is 0 Å². The van der Waals surface area contributed by atoms with Gasteiger partial charge in [0.05, 0.1) is 12.0 Å². The summed E-state index contributed by atoms with van der Waals surface area (Å²) in [5.74, 6) is 0.130. The van der Waals surface area contributed by atoms with Crippen molar-refractivity contribution in [1.82, 2.24) is 5.32 Å². The zero-order valence-electron chi connectivity index (χ0n) is 11.9. The topological polar surface area (TPSA) is 41.6 Å². The molecule has 1 N–H and O–H groups in total. The van der Waals surface area contributed by atoms with Crippen molar-refractivity contribution in [1.29, 1.82) is 0 Å². The van der Waals surface area contributed by atoms with Crippen LogP contribution < -0.4 is 10.2 Å². The SMILES string of the molecule is COCC1(C(=O)N(C)c2cccc(C)c2)CCNC1. The molecule has 0 aromatic heterocycles. The van der Waals surface area contributed by atoms with Crippen LogP contribution in [0.15, 0.2) is 24.3 Å². The highest BCUT2D eigenvalue weighted by atomic mass is 16.5. The lowest BCUT2D eigenvalue weighted by Gasteiger charge is -2.31. The number of nitrogens with one attached hydrogen (secondary N) is 1. The van der Waals surface area contributed by atoms with E-state index in [0.717, 1.165) is 24.2 Å². The maximum atomic E-state index is 12.8. The first kappa shape index (κ1) is 14.0. The maximum Gasteiger partial charge on any atom is 0.236 e. The molecule has 19 heavy (non-hydrogen) atoms. The Morgan fingerprint density at radius 3 is 2.89 bits per heavy atom. The van der Waals surface area contributed by atoms with Gasteiger partial charge in [-0.05, 0) is 37.6 Å². The van der Waals surface area contributed by atoms with Crippen molar-refractivity contribution in [3.63, 3.8) is 0 Å². The Labute approximate surface area is 114 Å². The number of methoxy groups -OCH3 is 1. The van der Waals surface area contributed by atoms with Gasteiger partial charge in [0.15, 0.2) is 0 Å². The Bertz CT molecular complexity index is 453. The van der Waals surface area contributed by atoms with Crippen LogP contribution in [-0.2, 0) is 9.53 Å². The number of anilines is 1. The van der Waals surface area contributed by atoms with E-state index in [4.69, 9.17) is 4.74 Å². The molecule has 2 rings (SSSR count). The van der Waals surface area contributed by atoms with Gasteiger partial charge >= 0.3 is 0 Å². The first-order chi connectivity index (χ1) is 9.09. The van der Waals surface area contributed by atoms with Gasteiger partial charge in [0.1, 0.15) is 0 Å². The summed E-state index contributed by atoms with van der Waals surface area (Å²) < 4.78 is 5.27. The molecular formula is C15H22N2O2. The molecule has 1 aromatic carbocycles. The van der Waals surface area contributed by atoms with E-state index < -0.39 is 5.41 Å². The number of rotatable bonds is 4. The number of hydrogen-bond donors (Lipinski definition) is 1. The number of carbonyl (C=O) groups is 1. The summed E-state index contributed by atoms with van der Waals surface area (Å²) in [5, 5.41) is 3.27. The molecule has 0 bridgehead atoms. The highest BCUT2D eigenvalue weighted by molar-refractivity contribution is 5.97. The molecule has 1 unspecified atom stereocenters. The van der Waals surface area contributed by atoms with Crippen LogP contribution in [0.1, 0.15) is 12.0 Å². The first-order valence-electron chi connectivity index (χ1n) is 6.63. The normalized spacial score (nSPS) is 22.5. The Morgan fingerprint density at radius 2 is 2.32 bits per heavy atom. The third-order valence-electron chi connectivity index (χ3n) is 3.81. The number of aryl methyl sites for hydroxylation is 1. The van der Waals surface area contributed by atoms with Crippen LogP contribution in [0.25, 0.3) is 0 Å². The van der Waals surface area contributed by atoms with Gasteiger partial charge in [0.2, 0.25) is 5.91 Å². The molecule has 104 valence electrons. The van der Waals surface area contributed by atoms with Crippen molar-refractivity contribution >= 4 is 11.6 Å². The van der Waals surface area contributed by atoms with Gasteiger partial charge in [-0.15, -0.1) is 0 Å². The second kappa shape index (κ2) is 5.72. The molecule has 4 heteroatoms. The van der Waals surface area contributed by atoms with Crippen LogP contribution in [0, 0.1) is 12.3 Å². The molecule has 1 amide bonds. The molecule has 0 saturated carbocycles. The largest absolute Gasteiger partial charge is 0.384 e. The Morgan fingerprint density at radius 1 is 1.53 bits per heavy atom. The molecule has 1 aliphatic heterocycles. The molecule has 4 nitrogen and oxygen atoms in total. The number of amides is 1. The van der Waals surface area contributed by atoms with Crippen molar-refractivity contribution < 1.29 is 9.53 Å². The summed E-state index contributed by atoms with van der Waals surface area (Å²) in [6.07, 6.45) is 0.829. The second-order valence-corrected chi connectivity index (χ2v) is 5.34. The van der Waals surface area contributed by atoms with Gasteiger partial charge in [0, 0.05) is 26.4 Å². The number of nitrogens with zero attached hydrogens (tertiary/aromatic N) is 1. The zero-order valence-corrected chi connectivity index (χ0v) is 11.9. The average Bonchev–Trinajstić information content (AvgIpc) is 2.87. The molecule has 1 aliphatic rings. The Kier molecular flexibility index (Phi) is 4.22. The van der Waals surface area contributed by atoms with Crippen LogP contribution >= 0.6 is 0 Å². The predicted octanol–water partition coefficient (Wildman–Crippen LogP) is 1.58. The molecule has 0 radical (unpaired) electrons. The van der Waals surface area contributed by atoms with Gasteiger partial charge in [-0.2, -0.15) is 0 Å². The summed E-state index contributed by atoms with van der Waals surface area (Å²) >= 11 is 0. The summed E-state index contributed by atoms with van der Waals surface area (Å²) in [7, 11) is 3.49. The van der Waals surface area contributed by atoms with Gasteiger partial charge < -0.3 is 15.0 Å². The molecule has 1 saturated heterocycles. The smallest absolute Gasteiger partial charge is 0.236 e. The highest BCUT2D eigenvalue weighted by Crippen LogP contribution is 2.30. The Balaban J connectivity index is 2.22.